The molecule has 21 heavy (non-hydrogen) atoms. The van der Waals surface area contributed by atoms with Crippen LogP contribution in [0.4, 0.5) is 0 Å². The molecule has 0 aromatic heterocycles. The zero-order valence-corrected chi connectivity index (χ0v) is 13.1. The van der Waals surface area contributed by atoms with Crippen LogP contribution in [-0.4, -0.2) is 41.8 Å². The van der Waals surface area contributed by atoms with Crippen molar-refractivity contribution in [1.82, 2.24) is 9.80 Å². The van der Waals surface area contributed by atoms with Gasteiger partial charge in [0.05, 0.1) is 12.0 Å². The van der Waals surface area contributed by atoms with E-state index in [0.717, 1.165) is 5.56 Å². The smallest absolute Gasteiger partial charge is 0.228 e. The van der Waals surface area contributed by atoms with Gasteiger partial charge in [-0.05, 0) is 25.8 Å². The number of rotatable bonds is 4. The molecule has 2 amide bonds. The van der Waals surface area contributed by atoms with Crippen molar-refractivity contribution in [3.05, 3.63) is 35.9 Å². The fraction of sp³-hybridized carbons (Fsp3) is 0.529. The topological polar surface area (TPSA) is 40.6 Å². The van der Waals surface area contributed by atoms with E-state index in [1.54, 1.807) is 4.90 Å². The minimum absolute atomic E-state index is 0.118. The summed E-state index contributed by atoms with van der Waals surface area (Å²) >= 11 is 0. The van der Waals surface area contributed by atoms with Crippen LogP contribution in [0.2, 0.25) is 0 Å². The van der Waals surface area contributed by atoms with E-state index >= 15 is 0 Å². The predicted molar refractivity (Wildman–Crippen MR) is 82.6 cm³/mol. The molecule has 0 radical (unpaired) electrons. The van der Waals surface area contributed by atoms with Gasteiger partial charge in [-0.3, -0.25) is 9.59 Å². The molecule has 1 fully saturated rings. The van der Waals surface area contributed by atoms with E-state index in [1.165, 1.54) is 0 Å². The molecule has 0 spiro atoms. The minimum atomic E-state index is -0.152. The van der Waals surface area contributed by atoms with Gasteiger partial charge in [0, 0.05) is 26.6 Å². The van der Waals surface area contributed by atoms with E-state index in [1.807, 2.05) is 56.1 Å². The highest BCUT2D eigenvalue weighted by Gasteiger charge is 2.39. The van der Waals surface area contributed by atoms with Crippen molar-refractivity contribution in [1.29, 1.82) is 0 Å². The standard InChI is InChI=1S/C17H24N2O2/c1-4-19(5-2)17(21)14-11-12-15(20)18(3)16(14)13-9-7-6-8-10-13/h6-10,14,16H,4-5,11-12H2,1-3H3. The third-order valence-corrected chi connectivity index (χ3v) is 4.39. The fourth-order valence-electron chi connectivity index (χ4n) is 3.17. The second-order valence-corrected chi connectivity index (χ2v) is 5.52. The largest absolute Gasteiger partial charge is 0.343 e. The molecule has 2 unspecified atom stereocenters. The molecular formula is C17H24N2O2. The molecule has 1 saturated heterocycles. The third kappa shape index (κ3) is 3.09. The number of hydrogen-bond donors (Lipinski definition) is 0. The Labute approximate surface area is 126 Å². The molecule has 1 aliphatic rings. The van der Waals surface area contributed by atoms with Crippen molar-refractivity contribution in [3.63, 3.8) is 0 Å². The molecule has 1 aliphatic heterocycles. The number of carbonyl (C=O) groups excluding carboxylic acids is 2. The molecule has 2 rings (SSSR count). The number of benzene rings is 1. The molecule has 2 atom stereocenters. The summed E-state index contributed by atoms with van der Waals surface area (Å²) in [5.74, 6) is 0.135. The highest BCUT2D eigenvalue weighted by atomic mass is 16.2. The Balaban J connectivity index is 2.33. The first-order valence-corrected chi connectivity index (χ1v) is 7.69. The summed E-state index contributed by atoms with van der Waals surface area (Å²) in [7, 11) is 1.81. The van der Waals surface area contributed by atoms with Gasteiger partial charge in [0.1, 0.15) is 0 Å². The van der Waals surface area contributed by atoms with Crippen LogP contribution < -0.4 is 0 Å². The van der Waals surface area contributed by atoms with E-state index < -0.39 is 0 Å². The molecule has 0 N–H and O–H groups in total. The third-order valence-electron chi connectivity index (χ3n) is 4.39. The van der Waals surface area contributed by atoms with Crippen LogP contribution in [-0.2, 0) is 9.59 Å². The van der Waals surface area contributed by atoms with Crippen molar-refractivity contribution in [3.8, 4) is 0 Å². The molecule has 1 aromatic carbocycles. The number of amides is 2. The van der Waals surface area contributed by atoms with Crippen LogP contribution in [0.1, 0.15) is 38.3 Å². The maximum absolute atomic E-state index is 12.8. The van der Waals surface area contributed by atoms with Gasteiger partial charge in [0.15, 0.2) is 0 Å². The van der Waals surface area contributed by atoms with Gasteiger partial charge in [0.25, 0.3) is 0 Å². The molecule has 1 aromatic rings. The molecule has 114 valence electrons. The van der Waals surface area contributed by atoms with Crippen molar-refractivity contribution < 1.29 is 9.59 Å². The Morgan fingerprint density at radius 3 is 2.43 bits per heavy atom. The first-order chi connectivity index (χ1) is 10.1. The predicted octanol–water partition coefficient (Wildman–Crippen LogP) is 2.46. The van der Waals surface area contributed by atoms with Gasteiger partial charge in [0.2, 0.25) is 11.8 Å². The van der Waals surface area contributed by atoms with Crippen molar-refractivity contribution in [2.45, 2.75) is 32.7 Å². The summed E-state index contributed by atoms with van der Waals surface area (Å²) in [6.45, 7) is 5.42. The molecule has 1 heterocycles. The van der Waals surface area contributed by atoms with Gasteiger partial charge in [-0.25, -0.2) is 0 Å². The zero-order chi connectivity index (χ0) is 15.4. The van der Waals surface area contributed by atoms with Crippen LogP contribution in [0, 0.1) is 5.92 Å². The van der Waals surface area contributed by atoms with Crippen LogP contribution >= 0.6 is 0 Å². The average Bonchev–Trinajstić information content (AvgIpc) is 2.51. The van der Waals surface area contributed by atoms with Gasteiger partial charge in [-0.1, -0.05) is 30.3 Å². The molecule has 0 saturated carbocycles. The van der Waals surface area contributed by atoms with Crippen LogP contribution in [0.15, 0.2) is 30.3 Å². The fourth-order valence-corrected chi connectivity index (χ4v) is 3.17. The lowest BCUT2D eigenvalue weighted by atomic mass is 9.83. The quantitative estimate of drug-likeness (QED) is 0.854. The lowest BCUT2D eigenvalue weighted by molar-refractivity contribution is -0.146. The molecule has 0 aliphatic carbocycles. The first kappa shape index (κ1) is 15.5. The Morgan fingerprint density at radius 2 is 1.86 bits per heavy atom. The molecular weight excluding hydrogens is 264 g/mol. The number of likely N-dealkylation sites (tertiary alicyclic amines) is 1. The van der Waals surface area contributed by atoms with E-state index in [4.69, 9.17) is 0 Å². The summed E-state index contributed by atoms with van der Waals surface area (Å²) in [5.41, 5.74) is 1.04. The maximum atomic E-state index is 12.8. The number of nitrogens with zero attached hydrogens (tertiary/aromatic N) is 2. The van der Waals surface area contributed by atoms with E-state index in [-0.39, 0.29) is 23.8 Å². The summed E-state index contributed by atoms with van der Waals surface area (Å²) < 4.78 is 0. The SMILES string of the molecule is CCN(CC)C(=O)C1CCC(=O)N(C)C1c1ccccc1. The van der Waals surface area contributed by atoms with Crippen molar-refractivity contribution in [2.75, 3.05) is 20.1 Å². The van der Waals surface area contributed by atoms with E-state index in [0.29, 0.717) is 25.9 Å². The van der Waals surface area contributed by atoms with Gasteiger partial charge >= 0.3 is 0 Å². The Kier molecular flexibility index (Phi) is 4.99. The van der Waals surface area contributed by atoms with Gasteiger partial charge < -0.3 is 9.80 Å². The highest BCUT2D eigenvalue weighted by Crippen LogP contribution is 2.36. The number of hydrogen-bond acceptors (Lipinski definition) is 2. The first-order valence-electron chi connectivity index (χ1n) is 7.69. The van der Waals surface area contributed by atoms with Crippen LogP contribution in [0.5, 0.6) is 0 Å². The molecule has 4 nitrogen and oxygen atoms in total. The Morgan fingerprint density at radius 1 is 1.24 bits per heavy atom. The van der Waals surface area contributed by atoms with E-state index in [2.05, 4.69) is 0 Å². The number of piperidine rings is 1. The van der Waals surface area contributed by atoms with Crippen LogP contribution in [0.25, 0.3) is 0 Å². The maximum Gasteiger partial charge on any atom is 0.228 e. The van der Waals surface area contributed by atoms with Gasteiger partial charge in [-0.15, -0.1) is 0 Å². The van der Waals surface area contributed by atoms with Crippen molar-refractivity contribution >= 4 is 11.8 Å². The summed E-state index contributed by atoms with van der Waals surface area (Å²) in [6, 6.07) is 9.73. The average molecular weight is 288 g/mol. The Hall–Kier alpha value is -1.84. The van der Waals surface area contributed by atoms with E-state index in [9.17, 15) is 9.59 Å². The van der Waals surface area contributed by atoms with Crippen LogP contribution in [0.3, 0.4) is 0 Å². The monoisotopic (exact) mass is 288 g/mol. The molecule has 0 bridgehead atoms. The second kappa shape index (κ2) is 6.74. The normalized spacial score (nSPS) is 22.2. The summed E-state index contributed by atoms with van der Waals surface area (Å²) in [4.78, 5) is 28.4. The van der Waals surface area contributed by atoms with Gasteiger partial charge in [-0.2, -0.15) is 0 Å². The second-order valence-electron chi connectivity index (χ2n) is 5.52. The lowest BCUT2D eigenvalue weighted by Gasteiger charge is -2.40. The lowest BCUT2D eigenvalue weighted by Crippen LogP contribution is -2.47. The highest BCUT2D eigenvalue weighted by molar-refractivity contribution is 5.85. The minimum Gasteiger partial charge on any atom is -0.343 e. The molecule has 4 heteroatoms. The summed E-state index contributed by atoms with van der Waals surface area (Å²) in [5, 5.41) is 0. The van der Waals surface area contributed by atoms with Crippen molar-refractivity contribution in [2.24, 2.45) is 5.92 Å². The summed E-state index contributed by atoms with van der Waals surface area (Å²) in [6.07, 6.45) is 1.09. The Bertz CT molecular complexity index is 497. The zero-order valence-electron chi connectivity index (χ0n) is 13.1. The number of carbonyl (C=O) groups is 2.